The number of carbonyl (C=O) groups is 3. The predicted octanol–water partition coefficient (Wildman–Crippen LogP) is 0.541. The molecular weight excluding hydrogens is 274 g/mol. The maximum Gasteiger partial charge on any atom is 0.326 e. The summed E-state index contributed by atoms with van der Waals surface area (Å²) in [6, 6.07) is 5.33. The third-order valence-electron chi connectivity index (χ3n) is 2.70. The minimum Gasteiger partial charge on any atom is -0.480 e. The Morgan fingerprint density at radius 1 is 1.24 bits per heavy atom. The molecule has 1 rings (SSSR count). The summed E-state index contributed by atoms with van der Waals surface area (Å²) in [5.41, 5.74) is 5.55. The molecule has 0 fully saturated rings. The van der Waals surface area contributed by atoms with Gasteiger partial charge >= 0.3 is 12.0 Å². The molecule has 0 saturated heterocycles. The van der Waals surface area contributed by atoms with Crippen LogP contribution in [0.4, 0.5) is 4.79 Å². The molecule has 0 saturated carbocycles. The number of carboxylic acids is 1. The number of primary amides is 1. The van der Waals surface area contributed by atoms with Gasteiger partial charge in [-0.25, -0.2) is 9.59 Å². The summed E-state index contributed by atoms with van der Waals surface area (Å²) >= 11 is 0. The van der Waals surface area contributed by atoms with Crippen molar-refractivity contribution in [2.75, 3.05) is 0 Å². The van der Waals surface area contributed by atoms with Gasteiger partial charge in [-0.05, 0) is 12.0 Å². The average molecular weight is 291 g/mol. The quantitative estimate of drug-likeness (QED) is 0.548. The van der Waals surface area contributed by atoms with E-state index >= 15 is 0 Å². The second-order valence-electron chi connectivity index (χ2n) is 4.28. The summed E-state index contributed by atoms with van der Waals surface area (Å²) in [4.78, 5) is 34.3. The van der Waals surface area contributed by atoms with E-state index in [1.165, 1.54) is 6.08 Å². The molecule has 1 aromatic rings. The van der Waals surface area contributed by atoms with Crippen LogP contribution >= 0.6 is 0 Å². The van der Waals surface area contributed by atoms with Crippen LogP contribution in [0.2, 0.25) is 0 Å². The van der Waals surface area contributed by atoms with Crippen molar-refractivity contribution in [3.05, 3.63) is 48.6 Å². The highest BCUT2D eigenvalue weighted by molar-refractivity contribution is 5.90. The Morgan fingerprint density at radius 3 is 2.33 bits per heavy atom. The maximum absolute atomic E-state index is 12.2. The molecule has 21 heavy (non-hydrogen) atoms. The fourth-order valence-corrected chi connectivity index (χ4v) is 1.73. The molecule has 7 heteroatoms. The van der Waals surface area contributed by atoms with Gasteiger partial charge in [-0.15, -0.1) is 6.58 Å². The van der Waals surface area contributed by atoms with Gasteiger partial charge in [-0.1, -0.05) is 36.4 Å². The van der Waals surface area contributed by atoms with Gasteiger partial charge in [0.25, 0.3) is 0 Å². The molecule has 1 aromatic carbocycles. The summed E-state index contributed by atoms with van der Waals surface area (Å²) < 4.78 is 0. The molecule has 3 amide bonds. The van der Waals surface area contributed by atoms with Gasteiger partial charge in [0, 0.05) is 0 Å². The average Bonchev–Trinajstić information content (AvgIpc) is 2.44. The van der Waals surface area contributed by atoms with Crippen LogP contribution in [0.3, 0.4) is 0 Å². The predicted molar refractivity (Wildman–Crippen MR) is 76.3 cm³/mol. The van der Waals surface area contributed by atoms with E-state index in [9.17, 15) is 14.4 Å². The van der Waals surface area contributed by atoms with Crippen LogP contribution in [-0.4, -0.2) is 29.1 Å². The van der Waals surface area contributed by atoms with Gasteiger partial charge in [0.1, 0.15) is 12.1 Å². The van der Waals surface area contributed by atoms with Gasteiger partial charge in [0.2, 0.25) is 5.91 Å². The number of benzene rings is 1. The topological polar surface area (TPSA) is 122 Å². The Bertz CT molecular complexity index is 530. The van der Waals surface area contributed by atoms with Crippen LogP contribution in [0, 0.1) is 0 Å². The SMILES string of the molecule is C=CCC(NC(=O)C(NC(N)=O)c1ccccc1)C(=O)O. The van der Waals surface area contributed by atoms with Crippen molar-refractivity contribution in [1.29, 1.82) is 0 Å². The lowest BCUT2D eigenvalue weighted by Crippen LogP contribution is -2.48. The molecule has 0 bridgehead atoms. The van der Waals surface area contributed by atoms with Gasteiger partial charge in [0.15, 0.2) is 0 Å². The Kier molecular flexibility index (Phi) is 5.94. The standard InChI is InChI=1S/C14H17N3O4/c1-2-6-10(13(19)20)16-12(18)11(17-14(15)21)9-7-4-3-5-8-9/h2-5,7-8,10-11H,1,6H2,(H,16,18)(H,19,20)(H3,15,17,21). The van der Waals surface area contributed by atoms with Crippen LogP contribution in [0.15, 0.2) is 43.0 Å². The molecule has 5 N–H and O–H groups in total. The molecular formula is C14H17N3O4. The lowest BCUT2D eigenvalue weighted by atomic mass is 10.1. The van der Waals surface area contributed by atoms with Crippen molar-refractivity contribution >= 4 is 17.9 Å². The summed E-state index contributed by atoms with van der Waals surface area (Å²) in [5, 5.41) is 13.6. The number of hydrogen-bond donors (Lipinski definition) is 4. The van der Waals surface area contributed by atoms with Crippen LogP contribution < -0.4 is 16.4 Å². The van der Waals surface area contributed by atoms with Gasteiger partial charge < -0.3 is 21.5 Å². The normalized spacial score (nSPS) is 12.8. The van der Waals surface area contributed by atoms with E-state index in [0.29, 0.717) is 5.56 Å². The molecule has 0 aliphatic carbocycles. The zero-order valence-corrected chi connectivity index (χ0v) is 11.3. The van der Waals surface area contributed by atoms with E-state index < -0.39 is 30.0 Å². The number of amides is 3. The zero-order valence-electron chi connectivity index (χ0n) is 11.3. The Hall–Kier alpha value is -2.83. The van der Waals surface area contributed by atoms with Crippen molar-refractivity contribution in [3.8, 4) is 0 Å². The van der Waals surface area contributed by atoms with Crippen molar-refractivity contribution in [3.63, 3.8) is 0 Å². The molecule has 112 valence electrons. The second kappa shape index (κ2) is 7.68. The highest BCUT2D eigenvalue weighted by Gasteiger charge is 2.26. The number of nitrogens with one attached hydrogen (secondary N) is 2. The number of rotatable bonds is 7. The van der Waals surface area contributed by atoms with E-state index in [1.54, 1.807) is 30.3 Å². The van der Waals surface area contributed by atoms with Crippen LogP contribution in [-0.2, 0) is 9.59 Å². The number of hydrogen-bond acceptors (Lipinski definition) is 3. The molecule has 0 radical (unpaired) electrons. The van der Waals surface area contributed by atoms with Crippen molar-refractivity contribution in [2.45, 2.75) is 18.5 Å². The third-order valence-corrected chi connectivity index (χ3v) is 2.70. The summed E-state index contributed by atoms with van der Waals surface area (Å²) in [6.45, 7) is 3.44. The van der Waals surface area contributed by atoms with E-state index in [4.69, 9.17) is 10.8 Å². The molecule has 7 nitrogen and oxygen atoms in total. The molecule has 0 aliphatic rings. The molecule has 0 spiro atoms. The highest BCUT2D eigenvalue weighted by atomic mass is 16.4. The first-order valence-corrected chi connectivity index (χ1v) is 6.20. The van der Waals surface area contributed by atoms with Gasteiger partial charge in [-0.2, -0.15) is 0 Å². The van der Waals surface area contributed by atoms with Crippen LogP contribution in [0.1, 0.15) is 18.0 Å². The summed E-state index contributed by atoms with van der Waals surface area (Å²) in [6.07, 6.45) is 1.46. The fraction of sp³-hybridized carbons (Fsp3) is 0.214. The van der Waals surface area contributed by atoms with Gasteiger partial charge in [-0.3, -0.25) is 4.79 Å². The number of carbonyl (C=O) groups excluding carboxylic acids is 2. The monoisotopic (exact) mass is 291 g/mol. The lowest BCUT2D eigenvalue weighted by Gasteiger charge is -2.20. The fourth-order valence-electron chi connectivity index (χ4n) is 1.73. The first-order chi connectivity index (χ1) is 9.95. The highest BCUT2D eigenvalue weighted by Crippen LogP contribution is 2.13. The van der Waals surface area contributed by atoms with Crippen LogP contribution in [0.25, 0.3) is 0 Å². The first kappa shape index (κ1) is 16.2. The van der Waals surface area contributed by atoms with Crippen molar-refractivity contribution < 1.29 is 19.5 Å². The van der Waals surface area contributed by atoms with E-state index in [1.807, 2.05) is 0 Å². The summed E-state index contributed by atoms with van der Waals surface area (Å²) in [5.74, 6) is -1.84. The largest absolute Gasteiger partial charge is 0.480 e. The van der Waals surface area contributed by atoms with E-state index in [-0.39, 0.29) is 6.42 Å². The number of urea groups is 1. The van der Waals surface area contributed by atoms with E-state index in [2.05, 4.69) is 17.2 Å². The van der Waals surface area contributed by atoms with Crippen molar-refractivity contribution in [2.24, 2.45) is 5.73 Å². The molecule has 0 aromatic heterocycles. The van der Waals surface area contributed by atoms with Crippen LogP contribution in [0.5, 0.6) is 0 Å². The zero-order chi connectivity index (χ0) is 15.8. The summed E-state index contributed by atoms with van der Waals surface area (Å²) in [7, 11) is 0. The molecule has 0 heterocycles. The molecule has 2 atom stereocenters. The maximum atomic E-state index is 12.2. The Morgan fingerprint density at radius 2 is 1.86 bits per heavy atom. The molecule has 2 unspecified atom stereocenters. The first-order valence-electron chi connectivity index (χ1n) is 6.20. The van der Waals surface area contributed by atoms with Gasteiger partial charge in [0.05, 0.1) is 0 Å². The number of carboxylic acid groups (broad SMARTS) is 1. The van der Waals surface area contributed by atoms with Crippen molar-refractivity contribution in [1.82, 2.24) is 10.6 Å². The molecule has 0 aliphatic heterocycles. The Labute approximate surface area is 121 Å². The second-order valence-corrected chi connectivity index (χ2v) is 4.28. The number of aliphatic carboxylic acids is 1. The third kappa shape index (κ3) is 4.98. The number of nitrogens with two attached hydrogens (primary N) is 1. The lowest BCUT2D eigenvalue weighted by molar-refractivity contribution is -0.142. The minimum absolute atomic E-state index is 0.0686. The minimum atomic E-state index is -1.19. The van der Waals surface area contributed by atoms with E-state index in [0.717, 1.165) is 0 Å². The Balaban J connectivity index is 2.92. The smallest absolute Gasteiger partial charge is 0.326 e.